The molecule has 21 heavy (non-hydrogen) atoms. The summed E-state index contributed by atoms with van der Waals surface area (Å²) >= 11 is 0. The lowest BCUT2D eigenvalue weighted by Crippen LogP contribution is -2.20. The number of hydrogen-bond acceptors (Lipinski definition) is 2. The van der Waals surface area contributed by atoms with Crippen molar-refractivity contribution >= 4 is 10.8 Å². The van der Waals surface area contributed by atoms with Crippen molar-refractivity contribution in [3.05, 3.63) is 82.0 Å². The van der Waals surface area contributed by atoms with E-state index in [2.05, 4.69) is 6.07 Å². The summed E-state index contributed by atoms with van der Waals surface area (Å²) in [4.78, 5) is 12.4. The summed E-state index contributed by atoms with van der Waals surface area (Å²) in [5.41, 5.74) is 1.26. The average molecular weight is 278 g/mol. The molecule has 3 aromatic rings. The Balaban J connectivity index is 2.05. The number of halogens is 1. The summed E-state index contributed by atoms with van der Waals surface area (Å²) in [7, 11) is 0. The molecule has 0 atom stereocenters. The van der Waals surface area contributed by atoms with E-state index in [1.165, 1.54) is 18.2 Å². The number of benzene rings is 2. The lowest BCUT2D eigenvalue weighted by Gasteiger charge is -2.08. The fourth-order valence-electron chi connectivity index (χ4n) is 2.32. The van der Waals surface area contributed by atoms with Crippen LogP contribution in [0.25, 0.3) is 10.8 Å². The molecule has 3 nitrogen and oxygen atoms in total. The van der Waals surface area contributed by atoms with Crippen LogP contribution in [0.4, 0.5) is 4.39 Å². The summed E-state index contributed by atoms with van der Waals surface area (Å²) < 4.78 is 14.7. The van der Waals surface area contributed by atoms with Crippen molar-refractivity contribution in [2.45, 2.75) is 6.54 Å². The van der Waals surface area contributed by atoms with Gasteiger partial charge in [-0.2, -0.15) is 5.26 Å². The van der Waals surface area contributed by atoms with Gasteiger partial charge in [-0.1, -0.05) is 12.1 Å². The van der Waals surface area contributed by atoms with Crippen LogP contribution in [0, 0.1) is 17.1 Å². The molecule has 0 saturated carbocycles. The minimum absolute atomic E-state index is 0.171. The Labute approximate surface area is 120 Å². The Morgan fingerprint density at radius 1 is 1.14 bits per heavy atom. The zero-order chi connectivity index (χ0) is 14.8. The molecule has 0 N–H and O–H groups in total. The highest BCUT2D eigenvalue weighted by atomic mass is 19.1. The Bertz CT molecular complexity index is 922. The van der Waals surface area contributed by atoms with E-state index in [4.69, 9.17) is 5.26 Å². The number of aromatic nitrogens is 1. The molecule has 102 valence electrons. The second-order valence-corrected chi connectivity index (χ2v) is 4.79. The van der Waals surface area contributed by atoms with E-state index in [0.29, 0.717) is 22.9 Å². The number of hydrogen-bond donors (Lipinski definition) is 0. The van der Waals surface area contributed by atoms with Crippen LogP contribution < -0.4 is 5.56 Å². The van der Waals surface area contributed by atoms with Gasteiger partial charge in [0, 0.05) is 11.6 Å². The predicted molar refractivity (Wildman–Crippen MR) is 78.4 cm³/mol. The molecular formula is C17H11FN2O. The third kappa shape index (κ3) is 2.54. The molecule has 0 unspecified atom stereocenters. The van der Waals surface area contributed by atoms with Crippen molar-refractivity contribution in [3.8, 4) is 6.07 Å². The maximum Gasteiger partial charge on any atom is 0.258 e. The number of nitrogens with zero attached hydrogens (tertiary/aromatic N) is 2. The van der Waals surface area contributed by atoms with Crippen LogP contribution in [0.1, 0.15) is 11.1 Å². The van der Waals surface area contributed by atoms with Gasteiger partial charge in [0.05, 0.1) is 18.2 Å². The summed E-state index contributed by atoms with van der Waals surface area (Å²) in [6, 6.07) is 15.0. The number of pyridine rings is 1. The molecule has 0 radical (unpaired) electrons. The largest absolute Gasteiger partial charge is 0.311 e. The molecule has 3 rings (SSSR count). The van der Waals surface area contributed by atoms with Gasteiger partial charge in [-0.05, 0) is 47.3 Å². The van der Waals surface area contributed by atoms with Gasteiger partial charge >= 0.3 is 0 Å². The van der Waals surface area contributed by atoms with Crippen LogP contribution in [0.3, 0.4) is 0 Å². The van der Waals surface area contributed by atoms with Gasteiger partial charge in [-0.3, -0.25) is 4.79 Å². The molecule has 0 amide bonds. The van der Waals surface area contributed by atoms with E-state index in [9.17, 15) is 9.18 Å². The Morgan fingerprint density at radius 2 is 2.00 bits per heavy atom. The summed E-state index contributed by atoms with van der Waals surface area (Å²) in [5.74, 6) is -0.360. The van der Waals surface area contributed by atoms with Crippen molar-refractivity contribution in [2.24, 2.45) is 0 Å². The van der Waals surface area contributed by atoms with Crippen LogP contribution in [-0.2, 0) is 6.54 Å². The smallest absolute Gasteiger partial charge is 0.258 e. The molecule has 4 heteroatoms. The number of nitriles is 1. The lowest BCUT2D eigenvalue weighted by molar-refractivity contribution is 0.629. The van der Waals surface area contributed by atoms with E-state index in [1.54, 1.807) is 35.0 Å². The fraction of sp³-hybridized carbons (Fsp3) is 0.0588. The Hall–Kier alpha value is -2.93. The Morgan fingerprint density at radius 3 is 2.81 bits per heavy atom. The van der Waals surface area contributed by atoms with Gasteiger partial charge in [0.1, 0.15) is 5.82 Å². The van der Waals surface area contributed by atoms with Crippen molar-refractivity contribution in [1.82, 2.24) is 4.57 Å². The molecular weight excluding hydrogens is 267 g/mol. The van der Waals surface area contributed by atoms with Crippen LogP contribution >= 0.6 is 0 Å². The first kappa shape index (κ1) is 13.1. The first-order valence-corrected chi connectivity index (χ1v) is 6.45. The fourth-order valence-corrected chi connectivity index (χ4v) is 2.32. The molecule has 0 fully saturated rings. The molecule has 1 heterocycles. The zero-order valence-electron chi connectivity index (χ0n) is 11.1. The van der Waals surface area contributed by atoms with E-state index in [-0.39, 0.29) is 11.4 Å². The second kappa shape index (κ2) is 5.22. The maximum atomic E-state index is 13.2. The SMILES string of the molecule is N#Cc1cccc(Cn2ccc3cc(F)ccc3c2=O)c1. The van der Waals surface area contributed by atoms with Crippen molar-refractivity contribution in [3.63, 3.8) is 0 Å². The highest BCUT2D eigenvalue weighted by Gasteiger charge is 2.05. The highest BCUT2D eigenvalue weighted by molar-refractivity contribution is 5.81. The number of fused-ring (bicyclic) bond motifs is 1. The molecule has 0 aliphatic rings. The third-order valence-corrected chi connectivity index (χ3v) is 3.35. The van der Waals surface area contributed by atoms with Crippen LogP contribution in [0.15, 0.2) is 59.5 Å². The molecule has 2 aromatic carbocycles. The zero-order valence-corrected chi connectivity index (χ0v) is 11.1. The monoisotopic (exact) mass is 278 g/mol. The van der Waals surface area contributed by atoms with Crippen molar-refractivity contribution in [2.75, 3.05) is 0 Å². The lowest BCUT2D eigenvalue weighted by atomic mass is 10.1. The summed E-state index contributed by atoms with van der Waals surface area (Å²) in [6.45, 7) is 0.377. The predicted octanol–water partition coefficient (Wildman–Crippen LogP) is 3.06. The minimum atomic E-state index is -0.360. The van der Waals surface area contributed by atoms with Crippen molar-refractivity contribution < 1.29 is 4.39 Å². The third-order valence-electron chi connectivity index (χ3n) is 3.35. The maximum absolute atomic E-state index is 13.2. The molecule has 0 aliphatic heterocycles. The minimum Gasteiger partial charge on any atom is -0.311 e. The summed E-state index contributed by atoms with van der Waals surface area (Å²) in [5, 5.41) is 9.96. The molecule has 0 spiro atoms. The van der Waals surface area contributed by atoms with E-state index in [1.807, 2.05) is 6.07 Å². The van der Waals surface area contributed by atoms with Crippen LogP contribution in [0.5, 0.6) is 0 Å². The van der Waals surface area contributed by atoms with E-state index in [0.717, 1.165) is 5.56 Å². The average Bonchev–Trinajstić information content (AvgIpc) is 2.50. The standard InChI is InChI=1S/C17H11FN2O/c18-15-4-5-16-14(9-15)6-7-20(17(16)21)11-13-3-1-2-12(8-13)10-19/h1-9H,11H2. The normalized spacial score (nSPS) is 10.5. The molecule has 0 bridgehead atoms. The van der Waals surface area contributed by atoms with Crippen LogP contribution in [0.2, 0.25) is 0 Å². The topological polar surface area (TPSA) is 45.8 Å². The highest BCUT2D eigenvalue weighted by Crippen LogP contribution is 2.12. The molecule has 0 aliphatic carbocycles. The van der Waals surface area contributed by atoms with Gasteiger partial charge < -0.3 is 4.57 Å². The van der Waals surface area contributed by atoms with Gasteiger partial charge in [0.25, 0.3) is 5.56 Å². The molecule has 0 saturated heterocycles. The quantitative estimate of drug-likeness (QED) is 0.723. The number of rotatable bonds is 2. The first-order chi connectivity index (χ1) is 10.2. The van der Waals surface area contributed by atoms with Gasteiger partial charge in [-0.25, -0.2) is 4.39 Å². The Kier molecular flexibility index (Phi) is 3.25. The van der Waals surface area contributed by atoms with Crippen molar-refractivity contribution in [1.29, 1.82) is 5.26 Å². The first-order valence-electron chi connectivity index (χ1n) is 6.45. The van der Waals surface area contributed by atoms with E-state index < -0.39 is 0 Å². The van der Waals surface area contributed by atoms with Gasteiger partial charge in [0.2, 0.25) is 0 Å². The van der Waals surface area contributed by atoms with E-state index >= 15 is 0 Å². The summed E-state index contributed by atoms with van der Waals surface area (Å²) in [6.07, 6.45) is 1.64. The second-order valence-electron chi connectivity index (χ2n) is 4.79. The molecule has 1 aromatic heterocycles. The van der Waals surface area contributed by atoms with Gasteiger partial charge in [0.15, 0.2) is 0 Å². The van der Waals surface area contributed by atoms with Crippen LogP contribution in [-0.4, -0.2) is 4.57 Å². The van der Waals surface area contributed by atoms with Gasteiger partial charge in [-0.15, -0.1) is 0 Å².